The SMILES string of the molecule is CC1(C)Oc2ccccc2C2CC(c3ccccc3O)=NN21. The average Bonchev–Trinajstić information content (AvgIpc) is 2.94. The number of hydrogen-bond acceptors (Lipinski definition) is 4. The van der Waals surface area contributed by atoms with E-state index in [9.17, 15) is 5.11 Å². The highest BCUT2D eigenvalue weighted by molar-refractivity contribution is 6.04. The molecule has 2 aromatic rings. The van der Waals surface area contributed by atoms with Crippen molar-refractivity contribution in [1.82, 2.24) is 5.01 Å². The van der Waals surface area contributed by atoms with Crippen molar-refractivity contribution < 1.29 is 9.84 Å². The smallest absolute Gasteiger partial charge is 0.192 e. The van der Waals surface area contributed by atoms with Gasteiger partial charge in [-0.1, -0.05) is 30.3 Å². The van der Waals surface area contributed by atoms with E-state index in [1.165, 1.54) is 0 Å². The summed E-state index contributed by atoms with van der Waals surface area (Å²) in [5.74, 6) is 1.19. The third-order valence-corrected chi connectivity index (χ3v) is 4.31. The number of rotatable bonds is 1. The Labute approximate surface area is 129 Å². The summed E-state index contributed by atoms with van der Waals surface area (Å²) in [6.45, 7) is 4.04. The molecule has 112 valence electrons. The lowest BCUT2D eigenvalue weighted by molar-refractivity contribution is -0.0911. The second-order valence-corrected chi connectivity index (χ2v) is 6.21. The molecule has 4 nitrogen and oxygen atoms in total. The minimum Gasteiger partial charge on any atom is -0.507 e. The fourth-order valence-corrected chi connectivity index (χ4v) is 3.29. The molecule has 0 aromatic heterocycles. The molecule has 0 fully saturated rings. The van der Waals surface area contributed by atoms with Crippen molar-refractivity contribution in [3.05, 3.63) is 59.7 Å². The molecule has 0 spiro atoms. The van der Waals surface area contributed by atoms with Crippen molar-refractivity contribution in [2.24, 2.45) is 5.10 Å². The summed E-state index contributed by atoms with van der Waals surface area (Å²) < 4.78 is 6.10. The Morgan fingerprint density at radius 1 is 1.14 bits per heavy atom. The molecule has 22 heavy (non-hydrogen) atoms. The molecule has 4 heteroatoms. The number of nitrogens with zero attached hydrogens (tertiary/aromatic N) is 2. The molecular formula is C18H18N2O2. The van der Waals surface area contributed by atoms with Crippen LogP contribution < -0.4 is 4.74 Å². The predicted octanol–water partition coefficient (Wildman–Crippen LogP) is 3.67. The van der Waals surface area contributed by atoms with Crippen LogP contribution in [0.25, 0.3) is 0 Å². The molecule has 0 amide bonds. The van der Waals surface area contributed by atoms with Gasteiger partial charge in [0.2, 0.25) is 0 Å². The lowest BCUT2D eigenvalue weighted by atomic mass is 9.95. The fourth-order valence-electron chi connectivity index (χ4n) is 3.29. The van der Waals surface area contributed by atoms with Gasteiger partial charge in [-0.05, 0) is 32.0 Å². The minimum absolute atomic E-state index is 0.148. The summed E-state index contributed by atoms with van der Waals surface area (Å²) in [6, 6.07) is 15.6. The first kappa shape index (κ1) is 13.2. The van der Waals surface area contributed by atoms with Gasteiger partial charge >= 0.3 is 0 Å². The van der Waals surface area contributed by atoms with Gasteiger partial charge in [-0.2, -0.15) is 5.10 Å². The van der Waals surface area contributed by atoms with Crippen molar-refractivity contribution >= 4 is 5.71 Å². The number of phenolic OH excluding ortho intramolecular Hbond substituents is 1. The van der Waals surface area contributed by atoms with Crippen molar-refractivity contribution in [3.63, 3.8) is 0 Å². The second-order valence-electron chi connectivity index (χ2n) is 6.21. The van der Waals surface area contributed by atoms with Crippen LogP contribution in [0.2, 0.25) is 0 Å². The normalized spacial score (nSPS) is 21.6. The van der Waals surface area contributed by atoms with Crippen LogP contribution in [0.4, 0.5) is 0 Å². The maximum atomic E-state index is 10.1. The van der Waals surface area contributed by atoms with Gasteiger partial charge in [-0.15, -0.1) is 0 Å². The Hall–Kier alpha value is -2.49. The molecule has 0 saturated carbocycles. The van der Waals surface area contributed by atoms with Crippen molar-refractivity contribution in [2.45, 2.75) is 32.0 Å². The van der Waals surface area contributed by atoms with Gasteiger partial charge in [0, 0.05) is 17.5 Å². The summed E-state index contributed by atoms with van der Waals surface area (Å²) in [4.78, 5) is 0. The molecule has 0 radical (unpaired) electrons. The molecule has 1 N–H and O–H groups in total. The highest BCUT2D eigenvalue weighted by Gasteiger charge is 2.44. The van der Waals surface area contributed by atoms with E-state index in [1.807, 2.05) is 55.3 Å². The Kier molecular flexibility index (Phi) is 2.70. The summed E-state index contributed by atoms with van der Waals surface area (Å²) in [5.41, 5.74) is 2.34. The fraction of sp³-hybridized carbons (Fsp3) is 0.278. The highest BCUT2D eigenvalue weighted by atomic mass is 16.5. The molecule has 2 aromatic carbocycles. The average molecular weight is 294 g/mol. The third-order valence-electron chi connectivity index (χ3n) is 4.31. The van der Waals surface area contributed by atoms with Crippen LogP contribution in [0.15, 0.2) is 53.6 Å². The molecule has 0 saturated heterocycles. The van der Waals surface area contributed by atoms with Crippen LogP contribution in [-0.4, -0.2) is 21.6 Å². The molecule has 0 aliphatic carbocycles. The van der Waals surface area contributed by atoms with Gasteiger partial charge in [-0.25, -0.2) is 5.01 Å². The van der Waals surface area contributed by atoms with Crippen LogP contribution in [0.1, 0.15) is 37.4 Å². The van der Waals surface area contributed by atoms with Gasteiger partial charge in [0.05, 0.1) is 11.8 Å². The summed E-state index contributed by atoms with van der Waals surface area (Å²) in [6.07, 6.45) is 0.765. The van der Waals surface area contributed by atoms with Crippen molar-refractivity contribution in [3.8, 4) is 11.5 Å². The monoisotopic (exact) mass is 294 g/mol. The first-order chi connectivity index (χ1) is 10.6. The van der Waals surface area contributed by atoms with E-state index in [1.54, 1.807) is 6.07 Å². The van der Waals surface area contributed by atoms with Gasteiger partial charge in [0.1, 0.15) is 11.5 Å². The lowest BCUT2D eigenvalue weighted by Crippen LogP contribution is -2.48. The summed E-state index contributed by atoms with van der Waals surface area (Å²) in [5, 5.41) is 16.9. The van der Waals surface area contributed by atoms with E-state index in [4.69, 9.17) is 9.84 Å². The zero-order valence-electron chi connectivity index (χ0n) is 12.7. The quantitative estimate of drug-likeness (QED) is 0.872. The number of para-hydroxylation sites is 2. The number of ether oxygens (including phenoxy) is 1. The maximum absolute atomic E-state index is 10.1. The van der Waals surface area contributed by atoms with E-state index in [0.29, 0.717) is 0 Å². The topological polar surface area (TPSA) is 45.1 Å². The first-order valence-corrected chi connectivity index (χ1v) is 7.49. The van der Waals surface area contributed by atoms with Crippen LogP contribution in [0, 0.1) is 0 Å². The molecule has 1 atom stereocenters. The van der Waals surface area contributed by atoms with Crippen molar-refractivity contribution in [1.29, 1.82) is 0 Å². The number of aromatic hydroxyl groups is 1. The number of benzene rings is 2. The molecule has 2 aliphatic rings. The number of phenols is 1. The molecule has 2 aliphatic heterocycles. The molecule has 2 heterocycles. The molecule has 4 rings (SSSR count). The third kappa shape index (κ3) is 1.87. The standard InChI is InChI=1S/C18H18N2O2/c1-18(2)20-15(13-8-4-6-10-17(13)22-18)11-14(19-20)12-7-3-5-9-16(12)21/h3-10,15,21H,11H2,1-2H3. The van der Waals surface area contributed by atoms with Crippen LogP contribution in [0.5, 0.6) is 11.5 Å². The minimum atomic E-state index is -0.509. The first-order valence-electron chi connectivity index (χ1n) is 7.49. The van der Waals surface area contributed by atoms with Gasteiger partial charge in [0.15, 0.2) is 5.72 Å². The molecule has 1 unspecified atom stereocenters. The Bertz CT molecular complexity index is 767. The highest BCUT2D eigenvalue weighted by Crippen LogP contribution is 2.46. The van der Waals surface area contributed by atoms with Crippen LogP contribution in [-0.2, 0) is 0 Å². The largest absolute Gasteiger partial charge is 0.507 e. The molecule has 0 bridgehead atoms. The van der Waals surface area contributed by atoms with E-state index >= 15 is 0 Å². The number of fused-ring (bicyclic) bond motifs is 3. The zero-order chi connectivity index (χ0) is 15.3. The maximum Gasteiger partial charge on any atom is 0.192 e. The number of hydrazone groups is 1. The van der Waals surface area contributed by atoms with Gasteiger partial charge < -0.3 is 9.84 Å². The van der Waals surface area contributed by atoms with Crippen LogP contribution >= 0.6 is 0 Å². The Morgan fingerprint density at radius 3 is 2.68 bits per heavy atom. The van der Waals surface area contributed by atoms with E-state index in [0.717, 1.165) is 29.0 Å². The van der Waals surface area contributed by atoms with Crippen LogP contribution in [0.3, 0.4) is 0 Å². The van der Waals surface area contributed by atoms with E-state index < -0.39 is 5.72 Å². The Morgan fingerprint density at radius 2 is 1.86 bits per heavy atom. The van der Waals surface area contributed by atoms with Gasteiger partial charge in [-0.3, -0.25) is 0 Å². The Balaban J connectivity index is 1.80. The van der Waals surface area contributed by atoms with Crippen molar-refractivity contribution in [2.75, 3.05) is 0 Å². The second kappa shape index (κ2) is 4.50. The van der Waals surface area contributed by atoms with E-state index in [2.05, 4.69) is 6.07 Å². The lowest BCUT2D eigenvalue weighted by Gasteiger charge is -2.43. The van der Waals surface area contributed by atoms with Gasteiger partial charge in [0.25, 0.3) is 0 Å². The predicted molar refractivity (Wildman–Crippen MR) is 85.0 cm³/mol. The summed E-state index contributed by atoms with van der Waals surface area (Å²) >= 11 is 0. The number of hydrogen-bond donors (Lipinski definition) is 1. The zero-order valence-corrected chi connectivity index (χ0v) is 12.7. The molecular weight excluding hydrogens is 276 g/mol. The van der Waals surface area contributed by atoms with E-state index in [-0.39, 0.29) is 11.8 Å². The summed E-state index contributed by atoms with van der Waals surface area (Å²) in [7, 11) is 0.